The third kappa shape index (κ3) is 1.93. The maximum atomic E-state index is 11.2. The SMILES string of the molecule is NC(=O)c1c(-c2ccccc2)nsc1Br. The number of nitrogens with two attached hydrogens (primary N) is 1. The van der Waals surface area contributed by atoms with E-state index in [1.807, 2.05) is 30.3 Å². The highest BCUT2D eigenvalue weighted by Gasteiger charge is 2.17. The molecule has 2 N–H and O–H groups in total. The van der Waals surface area contributed by atoms with Crippen LogP contribution in [0.1, 0.15) is 10.4 Å². The smallest absolute Gasteiger partial charge is 0.253 e. The molecular weight excluding hydrogens is 276 g/mol. The fourth-order valence-electron chi connectivity index (χ4n) is 1.28. The number of primary amides is 1. The van der Waals surface area contributed by atoms with Crippen LogP contribution in [0.25, 0.3) is 11.3 Å². The van der Waals surface area contributed by atoms with Crippen LogP contribution in [0.5, 0.6) is 0 Å². The lowest BCUT2D eigenvalue weighted by Gasteiger charge is -1.98. The van der Waals surface area contributed by atoms with Crippen molar-refractivity contribution in [3.63, 3.8) is 0 Å². The Balaban J connectivity index is 2.59. The molecule has 2 rings (SSSR count). The van der Waals surface area contributed by atoms with Crippen LogP contribution in [-0.2, 0) is 0 Å². The molecule has 0 aliphatic rings. The number of carbonyl (C=O) groups is 1. The van der Waals surface area contributed by atoms with Crippen molar-refractivity contribution in [1.29, 1.82) is 0 Å². The van der Waals surface area contributed by atoms with E-state index in [-0.39, 0.29) is 0 Å². The Labute approximate surface area is 99.2 Å². The minimum atomic E-state index is -0.463. The van der Waals surface area contributed by atoms with Gasteiger partial charge in [-0.2, -0.15) is 4.37 Å². The summed E-state index contributed by atoms with van der Waals surface area (Å²) in [5, 5.41) is 0. The molecule has 0 radical (unpaired) electrons. The molecule has 0 fully saturated rings. The predicted octanol–water partition coefficient (Wildman–Crippen LogP) is 2.67. The molecule has 0 saturated carbocycles. The zero-order valence-electron chi connectivity index (χ0n) is 7.61. The maximum absolute atomic E-state index is 11.2. The van der Waals surface area contributed by atoms with Gasteiger partial charge < -0.3 is 5.73 Å². The number of nitrogens with zero attached hydrogens (tertiary/aromatic N) is 1. The van der Waals surface area contributed by atoms with Crippen molar-refractivity contribution in [2.75, 3.05) is 0 Å². The Bertz CT molecular complexity index is 495. The van der Waals surface area contributed by atoms with Gasteiger partial charge >= 0.3 is 0 Å². The quantitative estimate of drug-likeness (QED) is 0.921. The van der Waals surface area contributed by atoms with Gasteiger partial charge in [-0.3, -0.25) is 4.79 Å². The number of amides is 1. The zero-order valence-corrected chi connectivity index (χ0v) is 10.0. The van der Waals surface area contributed by atoms with Crippen molar-refractivity contribution in [3.05, 3.63) is 39.7 Å². The van der Waals surface area contributed by atoms with Gasteiger partial charge in [0.1, 0.15) is 3.79 Å². The molecule has 0 bridgehead atoms. The lowest BCUT2D eigenvalue weighted by atomic mass is 10.1. The summed E-state index contributed by atoms with van der Waals surface area (Å²) >= 11 is 4.49. The van der Waals surface area contributed by atoms with E-state index in [9.17, 15) is 4.79 Å². The highest BCUT2D eigenvalue weighted by molar-refractivity contribution is 9.11. The third-order valence-electron chi connectivity index (χ3n) is 1.94. The molecule has 76 valence electrons. The summed E-state index contributed by atoms with van der Waals surface area (Å²) in [5.41, 5.74) is 7.28. The molecule has 0 unspecified atom stereocenters. The average molecular weight is 283 g/mol. The molecule has 0 aliphatic carbocycles. The molecule has 5 heteroatoms. The molecule has 1 aromatic heterocycles. The largest absolute Gasteiger partial charge is 0.365 e. The molecule has 0 aliphatic heterocycles. The van der Waals surface area contributed by atoms with Crippen LogP contribution in [-0.4, -0.2) is 10.3 Å². The van der Waals surface area contributed by atoms with Gasteiger partial charge in [-0.1, -0.05) is 30.3 Å². The summed E-state index contributed by atoms with van der Waals surface area (Å²) in [4.78, 5) is 11.2. The molecule has 3 nitrogen and oxygen atoms in total. The van der Waals surface area contributed by atoms with Crippen LogP contribution in [0.3, 0.4) is 0 Å². The van der Waals surface area contributed by atoms with Crippen molar-refractivity contribution in [2.45, 2.75) is 0 Å². The Morgan fingerprint density at radius 3 is 2.60 bits per heavy atom. The molecule has 0 atom stereocenters. The standard InChI is InChI=1S/C10H7BrN2OS/c11-9-7(10(12)14)8(13-15-9)6-4-2-1-3-5-6/h1-5H,(H2,12,14). The van der Waals surface area contributed by atoms with Crippen molar-refractivity contribution in [3.8, 4) is 11.3 Å². The van der Waals surface area contributed by atoms with E-state index >= 15 is 0 Å². The number of hydrogen-bond acceptors (Lipinski definition) is 3. The lowest BCUT2D eigenvalue weighted by Crippen LogP contribution is -2.11. The van der Waals surface area contributed by atoms with Gasteiger partial charge in [-0.05, 0) is 27.5 Å². The first-order valence-corrected chi connectivity index (χ1v) is 5.77. The van der Waals surface area contributed by atoms with Crippen LogP contribution >= 0.6 is 27.5 Å². The molecule has 2 aromatic rings. The van der Waals surface area contributed by atoms with Gasteiger partial charge in [0.2, 0.25) is 0 Å². The highest BCUT2D eigenvalue weighted by atomic mass is 79.9. The van der Waals surface area contributed by atoms with E-state index in [4.69, 9.17) is 5.73 Å². The summed E-state index contributed by atoms with van der Waals surface area (Å²) in [6.07, 6.45) is 0. The van der Waals surface area contributed by atoms with Gasteiger partial charge in [-0.15, -0.1) is 0 Å². The summed E-state index contributed by atoms with van der Waals surface area (Å²) in [6.45, 7) is 0. The number of carbonyl (C=O) groups excluding carboxylic acids is 1. The molecule has 0 saturated heterocycles. The second-order valence-corrected chi connectivity index (χ2v) is 5.00. The molecule has 0 spiro atoms. The molecule has 15 heavy (non-hydrogen) atoms. The van der Waals surface area contributed by atoms with Crippen LogP contribution in [0.4, 0.5) is 0 Å². The Hall–Kier alpha value is -1.20. The monoisotopic (exact) mass is 282 g/mol. The van der Waals surface area contributed by atoms with Gasteiger partial charge in [0.15, 0.2) is 0 Å². The normalized spacial score (nSPS) is 10.2. The fourth-order valence-corrected chi connectivity index (χ4v) is 2.53. The van der Waals surface area contributed by atoms with Crippen molar-refractivity contribution in [1.82, 2.24) is 4.37 Å². The number of hydrogen-bond donors (Lipinski definition) is 1. The summed E-state index contributed by atoms with van der Waals surface area (Å²) in [6, 6.07) is 9.50. The van der Waals surface area contributed by atoms with Crippen molar-refractivity contribution < 1.29 is 4.79 Å². The Kier molecular flexibility index (Phi) is 2.83. The number of benzene rings is 1. The van der Waals surface area contributed by atoms with E-state index in [1.54, 1.807) is 0 Å². The van der Waals surface area contributed by atoms with Gasteiger partial charge in [0.05, 0.1) is 11.3 Å². The molecule has 1 aromatic carbocycles. The van der Waals surface area contributed by atoms with E-state index in [1.165, 1.54) is 11.5 Å². The second kappa shape index (κ2) is 4.12. The zero-order chi connectivity index (χ0) is 10.8. The van der Waals surface area contributed by atoms with Crippen molar-refractivity contribution in [2.24, 2.45) is 5.73 Å². The van der Waals surface area contributed by atoms with Crippen LogP contribution in [0, 0.1) is 0 Å². The molecular formula is C10H7BrN2OS. The number of halogens is 1. The average Bonchev–Trinajstić information content (AvgIpc) is 2.61. The minimum absolute atomic E-state index is 0.450. The first kappa shape index (κ1) is 10.3. The number of aromatic nitrogens is 1. The first-order valence-electron chi connectivity index (χ1n) is 4.20. The summed E-state index contributed by atoms with van der Waals surface area (Å²) in [5.74, 6) is -0.463. The van der Waals surface area contributed by atoms with Crippen LogP contribution in [0.15, 0.2) is 34.1 Å². The van der Waals surface area contributed by atoms with E-state index in [0.29, 0.717) is 15.0 Å². The van der Waals surface area contributed by atoms with Gasteiger partial charge in [0, 0.05) is 5.56 Å². The maximum Gasteiger partial charge on any atom is 0.253 e. The van der Waals surface area contributed by atoms with Crippen LogP contribution < -0.4 is 5.73 Å². The predicted molar refractivity (Wildman–Crippen MR) is 63.8 cm³/mol. The van der Waals surface area contributed by atoms with Crippen molar-refractivity contribution >= 4 is 33.4 Å². The summed E-state index contributed by atoms with van der Waals surface area (Å²) in [7, 11) is 0. The van der Waals surface area contributed by atoms with Crippen LogP contribution in [0.2, 0.25) is 0 Å². The second-order valence-electron chi connectivity index (χ2n) is 2.91. The summed E-state index contributed by atoms with van der Waals surface area (Å²) < 4.78 is 4.88. The van der Waals surface area contributed by atoms with Gasteiger partial charge in [-0.25, -0.2) is 0 Å². The Morgan fingerprint density at radius 2 is 2.00 bits per heavy atom. The lowest BCUT2D eigenvalue weighted by molar-refractivity contribution is 0.100. The Morgan fingerprint density at radius 1 is 1.33 bits per heavy atom. The van der Waals surface area contributed by atoms with E-state index < -0.39 is 5.91 Å². The van der Waals surface area contributed by atoms with E-state index in [0.717, 1.165) is 5.56 Å². The first-order chi connectivity index (χ1) is 7.20. The van der Waals surface area contributed by atoms with Gasteiger partial charge in [0.25, 0.3) is 5.91 Å². The minimum Gasteiger partial charge on any atom is -0.365 e. The molecule has 1 heterocycles. The third-order valence-corrected chi connectivity index (χ3v) is 3.41. The molecule has 1 amide bonds. The van der Waals surface area contributed by atoms with E-state index in [2.05, 4.69) is 20.3 Å². The number of rotatable bonds is 2. The highest BCUT2D eigenvalue weighted by Crippen LogP contribution is 2.31. The topological polar surface area (TPSA) is 56.0 Å². The fraction of sp³-hybridized carbons (Fsp3) is 0.